The molecule has 0 aliphatic rings. The van der Waals surface area contributed by atoms with Crippen LogP contribution in [-0.4, -0.2) is 7.11 Å². The lowest BCUT2D eigenvalue weighted by Gasteiger charge is -2.21. The first kappa shape index (κ1) is 15.8. The average Bonchev–Trinajstić information content (AvgIpc) is 2.63. The van der Waals surface area contributed by atoms with Crippen molar-refractivity contribution in [3.05, 3.63) is 96.1 Å². The standard InChI is InChI=1S/C21H21OP/c1-22-20-14-8-9-15-21(20)23(16-18-10-4-2-5-11-18)17-19-12-6-3-7-13-19/h2-15H,16-17H2,1H3. The Kier molecular flexibility index (Phi) is 5.45. The highest BCUT2D eigenvalue weighted by Crippen LogP contribution is 2.44. The summed E-state index contributed by atoms with van der Waals surface area (Å²) in [5.41, 5.74) is 2.78. The first-order valence-corrected chi connectivity index (χ1v) is 9.54. The maximum atomic E-state index is 5.62. The van der Waals surface area contributed by atoms with Crippen LogP contribution in [0.4, 0.5) is 0 Å². The van der Waals surface area contributed by atoms with Gasteiger partial charge in [-0.15, -0.1) is 0 Å². The number of methoxy groups -OCH3 is 1. The molecule has 0 heterocycles. The molecule has 0 bridgehead atoms. The van der Waals surface area contributed by atoms with Crippen LogP contribution >= 0.6 is 7.92 Å². The number of para-hydroxylation sites is 1. The Hall–Kier alpha value is -2.11. The van der Waals surface area contributed by atoms with Gasteiger partial charge in [-0.2, -0.15) is 0 Å². The minimum Gasteiger partial charge on any atom is -0.496 e. The zero-order valence-electron chi connectivity index (χ0n) is 13.4. The summed E-state index contributed by atoms with van der Waals surface area (Å²) < 4.78 is 5.62. The molecule has 0 aliphatic carbocycles. The van der Waals surface area contributed by atoms with E-state index in [-0.39, 0.29) is 7.92 Å². The molecule has 23 heavy (non-hydrogen) atoms. The number of benzene rings is 3. The smallest absolute Gasteiger partial charge is 0.126 e. The normalized spacial score (nSPS) is 10.7. The van der Waals surface area contributed by atoms with Crippen molar-refractivity contribution in [2.24, 2.45) is 0 Å². The fourth-order valence-electron chi connectivity index (χ4n) is 2.72. The van der Waals surface area contributed by atoms with Crippen molar-refractivity contribution < 1.29 is 4.74 Å². The molecule has 3 aromatic carbocycles. The molecule has 2 heteroatoms. The number of hydrogen-bond donors (Lipinski definition) is 0. The first-order chi connectivity index (χ1) is 11.4. The second kappa shape index (κ2) is 7.94. The number of ether oxygens (including phenoxy) is 1. The monoisotopic (exact) mass is 320 g/mol. The first-order valence-electron chi connectivity index (χ1n) is 7.82. The fourth-order valence-corrected chi connectivity index (χ4v) is 5.25. The molecule has 0 N–H and O–H groups in total. The zero-order valence-corrected chi connectivity index (χ0v) is 14.2. The molecule has 0 saturated heterocycles. The van der Waals surface area contributed by atoms with Gasteiger partial charge < -0.3 is 4.74 Å². The van der Waals surface area contributed by atoms with Crippen LogP contribution in [-0.2, 0) is 12.3 Å². The second-order valence-corrected chi connectivity index (χ2v) is 7.69. The lowest BCUT2D eigenvalue weighted by atomic mass is 10.2. The van der Waals surface area contributed by atoms with Gasteiger partial charge >= 0.3 is 0 Å². The molecule has 3 aromatic rings. The highest BCUT2D eigenvalue weighted by Gasteiger charge is 2.16. The summed E-state index contributed by atoms with van der Waals surface area (Å²) in [6.07, 6.45) is 2.15. The lowest BCUT2D eigenvalue weighted by molar-refractivity contribution is 0.418. The Labute approximate surface area is 139 Å². The molecular weight excluding hydrogens is 299 g/mol. The predicted octanol–water partition coefficient (Wildman–Crippen LogP) is 5.20. The second-order valence-electron chi connectivity index (χ2n) is 5.50. The molecule has 0 saturated carbocycles. The number of rotatable bonds is 6. The zero-order chi connectivity index (χ0) is 15.9. The Balaban J connectivity index is 1.92. The lowest BCUT2D eigenvalue weighted by Crippen LogP contribution is -2.08. The van der Waals surface area contributed by atoms with Gasteiger partial charge in [0.15, 0.2) is 0 Å². The average molecular weight is 320 g/mol. The molecular formula is C21H21OP. The van der Waals surface area contributed by atoms with Gasteiger partial charge in [0.2, 0.25) is 0 Å². The van der Waals surface area contributed by atoms with E-state index in [2.05, 4.69) is 78.9 Å². The van der Waals surface area contributed by atoms with Crippen molar-refractivity contribution in [3.63, 3.8) is 0 Å². The van der Waals surface area contributed by atoms with Crippen LogP contribution < -0.4 is 10.0 Å². The van der Waals surface area contributed by atoms with Gasteiger partial charge in [-0.3, -0.25) is 0 Å². The van der Waals surface area contributed by atoms with Crippen LogP contribution in [0, 0.1) is 0 Å². The van der Waals surface area contributed by atoms with Gasteiger partial charge in [0, 0.05) is 5.30 Å². The van der Waals surface area contributed by atoms with E-state index in [0.29, 0.717) is 0 Å². The van der Waals surface area contributed by atoms with E-state index in [1.807, 2.05) is 6.07 Å². The third-order valence-electron chi connectivity index (χ3n) is 3.86. The molecule has 0 radical (unpaired) electrons. The largest absolute Gasteiger partial charge is 0.496 e. The predicted molar refractivity (Wildman–Crippen MR) is 99.8 cm³/mol. The summed E-state index contributed by atoms with van der Waals surface area (Å²) >= 11 is 0. The highest BCUT2D eigenvalue weighted by molar-refractivity contribution is 7.64. The Morgan fingerprint density at radius 3 is 1.65 bits per heavy atom. The summed E-state index contributed by atoms with van der Waals surface area (Å²) in [5, 5.41) is 1.35. The summed E-state index contributed by atoms with van der Waals surface area (Å²) in [6.45, 7) is 0. The van der Waals surface area contributed by atoms with Crippen LogP contribution in [0.1, 0.15) is 11.1 Å². The summed E-state index contributed by atoms with van der Waals surface area (Å²) in [7, 11) is 1.40. The molecule has 0 amide bonds. The van der Waals surface area contributed by atoms with Gasteiger partial charge in [0.05, 0.1) is 7.11 Å². The van der Waals surface area contributed by atoms with Gasteiger partial charge in [-0.1, -0.05) is 86.8 Å². The quantitative estimate of drug-likeness (QED) is 0.567. The van der Waals surface area contributed by atoms with Crippen LogP contribution in [0.2, 0.25) is 0 Å². The molecule has 0 aromatic heterocycles. The van der Waals surface area contributed by atoms with Gasteiger partial charge in [-0.25, -0.2) is 0 Å². The molecule has 0 atom stereocenters. The minimum atomic E-state index is -0.360. The topological polar surface area (TPSA) is 9.23 Å². The fraction of sp³-hybridized carbons (Fsp3) is 0.143. The SMILES string of the molecule is COc1ccccc1P(Cc1ccccc1)Cc1ccccc1. The van der Waals surface area contributed by atoms with E-state index in [0.717, 1.165) is 18.1 Å². The van der Waals surface area contributed by atoms with E-state index in [4.69, 9.17) is 4.74 Å². The minimum absolute atomic E-state index is 0.360. The van der Waals surface area contributed by atoms with Crippen LogP contribution in [0.5, 0.6) is 5.75 Å². The summed E-state index contributed by atoms with van der Waals surface area (Å²) in [6, 6.07) is 29.9. The molecule has 116 valence electrons. The van der Waals surface area contributed by atoms with Crippen LogP contribution in [0.25, 0.3) is 0 Å². The third kappa shape index (κ3) is 4.21. The van der Waals surface area contributed by atoms with E-state index in [9.17, 15) is 0 Å². The third-order valence-corrected chi connectivity index (χ3v) is 6.40. The van der Waals surface area contributed by atoms with Crippen LogP contribution in [0.3, 0.4) is 0 Å². The molecule has 0 aliphatic heterocycles. The van der Waals surface area contributed by atoms with Crippen molar-refractivity contribution >= 4 is 13.2 Å². The van der Waals surface area contributed by atoms with Crippen molar-refractivity contribution in [2.45, 2.75) is 12.3 Å². The van der Waals surface area contributed by atoms with Crippen LogP contribution in [0.15, 0.2) is 84.9 Å². The van der Waals surface area contributed by atoms with Gasteiger partial charge in [0.25, 0.3) is 0 Å². The molecule has 0 fully saturated rings. The molecule has 1 nitrogen and oxygen atoms in total. The maximum absolute atomic E-state index is 5.62. The van der Waals surface area contributed by atoms with Gasteiger partial charge in [-0.05, 0) is 29.5 Å². The Bertz CT molecular complexity index is 684. The molecule has 0 spiro atoms. The van der Waals surface area contributed by atoms with Crippen molar-refractivity contribution in [1.82, 2.24) is 0 Å². The van der Waals surface area contributed by atoms with Crippen molar-refractivity contribution in [2.75, 3.05) is 7.11 Å². The van der Waals surface area contributed by atoms with E-state index in [1.165, 1.54) is 16.4 Å². The number of hydrogen-bond acceptors (Lipinski definition) is 1. The van der Waals surface area contributed by atoms with Gasteiger partial charge in [0.1, 0.15) is 5.75 Å². The van der Waals surface area contributed by atoms with Crippen molar-refractivity contribution in [1.29, 1.82) is 0 Å². The highest BCUT2D eigenvalue weighted by atomic mass is 31.1. The van der Waals surface area contributed by atoms with E-state index in [1.54, 1.807) is 7.11 Å². The van der Waals surface area contributed by atoms with E-state index >= 15 is 0 Å². The molecule has 3 rings (SSSR count). The Morgan fingerprint density at radius 1 is 0.652 bits per heavy atom. The maximum Gasteiger partial charge on any atom is 0.126 e. The molecule has 0 unspecified atom stereocenters. The van der Waals surface area contributed by atoms with E-state index < -0.39 is 0 Å². The summed E-state index contributed by atoms with van der Waals surface area (Å²) in [5.74, 6) is 1.01. The Morgan fingerprint density at radius 2 is 1.13 bits per heavy atom. The van der Waals surface area contributed by atoms with Crippen molar-refractivity contribution in [3.8, 4) is 5.75 Å². The summed E-state index contributed by atoms with van der Waals surface area (Å²) in [4.78, 5) is 0.